The van der Waals surface area contributed by atoms with Crippen LogP contribution in [0.2, 0.25) is 4.34 Å². The maximum absolute atomic E-state index is 12.4. The number of piperazine rings is 1. The van der Waals surface area contributed by atoms with Gasteiger partial charge in [-0.1, -0.05) is 29.0 Å². The molecule has 0 bridgehead atoms. The van der Waals surface area contributed by atoms with Gasteiger partial charge in [0.2, 0.25) is 0 Å². The van der Waals surface area contributed by atoms with Crippen molar-refractivity contribution in [3.63, 3.8) is 0 Å². The summed E-state index contributed by atoms with van der Waals surface area (Å²) in [6.07, 6.45) is 4.89. The molecule has 9 heteroatoms. The molecule has 7 nitrogen and oxygen atoms in total. The van der Waals surface area contributed by atoms with Crippen molar-refractivity contribution in [2.75, 3.05) is 31.5 Å². The van der Waals surface area contributed by atoms with E-state index in [9.17, 15) is 4.79 Å². The number of amides is 1. The molecule has 0 saturated carbocycles. The van der Waals surface area contributed by atoms with E-state index >= 15 is 0 Å². The highest BCUT2D eigenvalue weighted by atomic mass is 35.5. The minimum absolute atomic E-state index is 0.0518. The number of nitrogens with one attached hydrogen (secondary N) is 1. The molecule has 4 rings (SSSR count). The van der Waals surface area contributed by atoms with Gasteiger partial charge in [0.15, 0.2) is 10.9 Å². The van der Waals surface area contributed by atoms with E-state index in [2.05, 4.69) is 20.2 Å². The van der Waals surface area contributed by atoms with E-state index in [1.165, 1.54) is 17.6 Å². The van der Waals surface area contributed by atoms with Crippen LogP contribution in [0.1, 0.15) is 16.1 Å². The van der Waals surface area contributed by atoms with E-state index in [1.54, 1.807) is 24.5 Å². The number of carbonyl (C=O) groups is 1. The fraction of sp³-hybridized carbons (Fsp3) is 0.278. The first-order valence-corrected chi connectivity index (χ1v) is 9.76. The van der Waals surface area contributed by atoms with Gasteiger partial charge in [-0.2, -0.15) is 0 Å². The Bertz CT molecular complexity index is 906. The molecule has 1 aliphatic rings. The number of aromatic nitrogens is 2. The highest BCUT2D eigenvalue weighted by molar-refractivity contribution is 7.19. The Morgan fingerprint density at radius 3 is 2.78 bits per heavy atom. The molecule has 1 saturated heterocycles. The van der Waals surface area contributed by atoms with Crippen molar-refractivity contribution in [2.24, 2.45) is 0 Å². The highest BCUT2D eigenvalue weighted by Gasteiger charge is 2.24. The Balaban J connectivity index is 1.37. The van der Waals surface area contributed by atoms with Crippen LogP contribution in [0.5, 0.6) is 0 Å². The van der Waals surface area contributed by atoms with Gasteiger partial charge in [0.1, 0.15) is 10.2 Å². The summed E-state index contributed by atoms with van der Waals surface area (Å²) in [7, 11) is 0. The number of hydrogen-bond acceptors (Lipinski definition) is 7. The van der Waals surface area contributed by atoms with E-state index in [0.29, 0.717) is 28.3 Å². The standard InChI is InChI=1S/C18H18ClN5O2S/c19-15-11-21-18(27-15)22-16-13(3-1-5-20-16)12-23-6-8-24(9-7-23)17(25)14-4-2-10-26-14/h1-5,10-11H,6-9,12H2,(H,20,21,22). The maximum atomic E-state index is 12.4. The fourth-order valence-corrected chi connectivity index (χ4v) is 3.81. The molecular formula is C18H18ClN5O2S. The topological polar surface area (TPSA) is 74.5 Å². The molecule has 3 aromatic rings. The number of nitrogens with zero attached hydrogens (tertiary/aromatic N) is 4. The summed E-state index contributed by atoms with van der Waals surface area (Å²) in [4.78, 5) is 25.2. The van der Waals surface area contributed by atoms with Gasteiger partial charge in [0.25, 0.3) is 5.91 Å². The van der Waals surface area contributed by atoms with Crippen LogP contribution in [0.4, 0.5) is 10.9 Å². The lowest BCUT2D eigenvalue weighted by Crippen LogP contribution is -2.48. The summed E-state index contributed by atoms with van der Waals surface area (Å²) in [6, 6.07) is 7.40. The Labute approximate surface area is 165 Å². The molecule has 0 aliphatic carbocycles. The number of hydrogen-bond donors (Lipinski definition) is 1. The predicted octanol–water partition coefficient (Wildman–Crippen LogP) is 3.49. The third-order valence-electron chi connectivity index (χ3n) is 4.38. The third-order valence-corrected chi connectivity index (χ3v) is 5.41. The molecule has 4 heterocycles. The summed E-state index contributed by atoms with van der Waals surface area (Å²) in [5.41, 5.74) is 1.08. The molecule has 1 aliphatic heterocycles. The second kappa shape index (κ2) is 8.08. The number of thiazole rings is 1. The van der Waals surface area contributed by atoms with Crippen molar-refractivity contribution < 1.29 is 9.21 Å². The number of rotatable bonds is 5. The van der Waals surface area contributed by atoms with Gasteiger partial charge < -0.3 is 14.6 Å². The molecule has 3 aromatic heterocycles. The Morgan fingerprint density at radius 2 is 2.07 bits per heavy atom. The average molecular weight is 404 g/mol. The Kier molecular flexibility index (Phi) is 5.38. The van der Waals surface area contributed by atoms with Gasteiger partial charge in [-0.25, -0.2) is 9.97 Å². The molecule has 27 heavy (non-hydrogen) atoms. The van der Waals surface area contributed by atoms with Crippen molar-refractivity contribution in [2.45, 2.75) is 6.54 Å². The zero-order chi connectivity index (χ0) is 18.6. The molecule has 0 radical (unpaired) electrons. The largest absolute Gasteiger partial charge is 0.459 e. The van der Waals surface area contributed by atoms with Crippen LogP contribution in [0.15, 0.2) is 47.3 Å². The lowest BCUT2D eigenvalue weighted by atomic mass is 10.2. The van der Waals surface area contributed by atoms with E-state index in [1.807, 2.05) is 17.0 Å². The van der Waals surface area contributed by atoms with Gasteiger partial charge in [-0.15, -0.1) is 0 Å². The number of pyridine rings is 1. The third kappa shape index (κ3) is 4.29. The quantitative estimate of drug-likeness (QED) is 0.702. The minimum Gasteiger partial charge on any atom is -0.459 e. The molecule has 140 valence electrons. The van der Waals surface area contributed by atoms with Gasteiger partial charge >= 0.3 is 0 Å². The van der Waals surface area contributed by atoms with Gasteiger partial charge in [-0.05, 0) is 18.2 Å². The normalized spacial score (nSPS) is 15.1. The molecular weight excluding hydrogens is 386 g/mol. The van der Waals surface area contributed by atoms with Crippen molar-refractivity contribution in [1.82, 2.24) is 19.8 Å². The van der Waals surface area contributed by atoms with Crippen LogP contribution >= 0.6 is 22.9 Å². The van der Waals surface area contributed by atoms with E-state index in [-0.39, 0.29) is 5.91 Å². The van der Waals surface area contributed by atoms with E-state index in [0.717, 1.165) is 31.0 Å². The smallest absolute Gasteiger partial charge is 0.289 e. The van der Waals surface area contributed by atoms with Crippen molar-refractivity contribution in [3.05, 3.63) is 58.6 Å². The van der Waals surface area contributed by atoms with Crippen molar-refractivity contribution in [1.29, 1.82) is 0 Å². The van der Waals surface area contributed by atoms with E-state index < -0.39 is 0 Å². The SMILES string of the molecule is O=C(c1ccco1)N1CCN(Cc2cccnc2Nc2ncc(Cl)s2)CC1. The lowest BCUT2D eigenvalue weighted by Gasteiger charge is -2.34. The predicted molar refractivity (Wildman–Crippen MR) is 105 cm³/mol. The van der Waals surface area contributed by atoms with Crippen LogP contribution in [0.3, 0.4) is 0 Å². The van der Waals surface area contributed by atoms with Gasteiger partial charge in [0.05, 0.1) is 12.5 Å². The summed E-state index contributed by atoms with van der Waals surface area (Å²) in [5, 5.41) is 3.95. The van der Waals surface area contributed by atoms with E-state index in [4.69, 9.17) is 16.0 Å². The van der Waals surface area contributed by atoms with Crippen LogP contribution in [0.25, 0.3) is 0 Å². The fourth-order valence-electron chi connectivity index (χ4n) is 3.00. The van der Waals surface area contributed by atoms with Crippen LogP contribution in [0, 0.1) is 0 Å². The Hall–Kier alpha value is -2.42. The monoisotopic (exact) mass is 403 g/mol. The number of furan rings is 1. The van der Waals surface area contributed by atoms with Crippen LogP contribution in [-0.4, -0.2) is 51.9 Å². The molecule has 0 unspecified atom stereocenters. The second-order valence-electron chi connectivity index (χ2n) is 6.15. The van der Waals surface area contributed by atoms with Gasteiger partial charge in [0, 0.05) is 44.5 Å². The lowest BCUT2D eigenvalue weighted by molar-refractivity contribution is 0.0598. The molecule has 1 amide bonds. The van der Waals surface area contributed by atoms with Crippen molar-refractivity contribution >= 4 is 39.8 Å². The molecule has 0 atom stereocenters. The zero-order valence-electron chi connectivity index (χ0n) is 14.5. The summed E-state index contributed by atoms with van der Waals surface area (Å²) in [5.74, 6) is 1.12. The first kappa shape index (κ1) is 18.0. The number of carbonyl (C=O) groups excluding carboxylic acids is 1. The van der Waals surface area contributed by atoms with Crippen LogP contribution in [-0.2, 0) is 6.54 Å². The first-order chi connectivity index (χ1) is 13.2. The van der Waals surface area contributed by atoms with Gasteiger partial charge in [-0.3, -0.25) is 9.69 Å². The number of halogens is 1. The first-order valence-electron chi connectivity index (χ1n) is 8.56. The molecule has 1 N–H and O–H groups in total. The number of anilines is 2. The second-order valence-corrected chi connectivity index (χ2v) is 7.81. The zero-order valence-corrected chi connectivity index (χ0v) is 16.0. The molecule has 0 aromatic carbocycles. The summed E-state index contributed by atoms with van der Waals surface area (Å²) >= 11 is 7.32. The maximum Gasteiger partial charge on any atom is 0.289 e. The molecule has 1 fully saturated rings. The molecule has 0 spiro atoms. The summed E-state index contributed by atoms with van der Waals surface area (Å²) in [6.45, 7) is 3.68. The average Bonchev–Trinajstić information content (AvgIpc) is 3.35. The summed E-state index contributed by atoms with van der Waals surface area (Å²) < 4.78 is 5.84. The highest BCUT2D eigenvalue weighted by Crippen LogP contribution is 2.27. The minimum atomic E-state index is -0.0518. The van der Waals surface area contributed by atoms with Crippen molar-refractivity contribution in [3.8, 4) is 0 Å². The van der Waals surface area contributed by atoms with Crippen LogP contribution < -0.4 is 5.32 Å². The Morgan fingerprint density at radius 1 is 1.22 bits per heavy atom.